The van der Waals surface area contributed by atoms with Crippen molar-refractivity contribution in [2.24, 2.45) is 5.92 Å². The van der Waals surface area contributed by atoms with E-state index in [-0.39, 0.29) is 29.4 Å². The molecule has 0 radical (unpaired) electrons. The lowest BCUT2D eigenvalue weighted by molar-refractivity contribution is -0.119. The van der Waals surface area contributed by atoms with Crippen LogP contribution in [-0.4, -0.2) is 46.3 Å². The van der Waals surface area contributed by atoms with E-state index < -0.39 is 0 Å². The van der Waals surface area contributed by atoms with E-state index in [4.69, 9.17) is 0 Å². The molecule has 7 nitrogen and oxygen atoms in total. The van der Waals surface area contributed by atoms with Gasteiger partial charge in [-0.2, -0.15) is 5.10 Å². The first-order valence-electron chi connectivity index (χ1n) is 9.67. The fourth-order valence-corrected chi connectivity index (χ4v) is 4.30. The molecule has 3 atom stereocenters. The summed E-state index contributed by atoms with van der Waals surface area (Å²) >= 11 is 0. The number of rotatable bonds is 5. The summed E-state index contributed by atoms with van der Waals surface area (Å²) in [5.41, 5.74) is 1.54. The molecule has 3 N–H and O–H groups in total. The minimum absolute atomic E-state index is 0.00696. The zero-order valence-corrected chi connectivity index (χ0v) is 16.1. The highest BCUT2D eigenvalue weighted by atomic mass is 16.2. The summed E-state index contributed by atoms with van der Waals surface area (Å²) in [6.07, 6.45) is 1.94. The first-order valence-corrected chi connectivity index (χ1v) is 9.67. The van der Waals surface area contributed by atoms with Gasteiger partial charge in [-0.15, -0.1) is 0 Å². The Hall–Kier alpha value is -2.41. The van der Waals surface area contributed by atoms with Crippen LogP contribution in [0.2, 0.25) is 0 Å². The van der Waals surface area contributed by atoms with E-state index in [2.05, 4.69) is 34.9 Å². The summed E-state index contributed by atoms with van der Waals surface area (Å²) in [6, 6.07) is 8.14. The Labute approximate surface area is 158 Å². The quantitative estimate of drug-likeness (QED) is 0.747. The van der Waals surface area contributed by atoms with Gasteiger partial charge in [0.15, 0.2) is 5.69 Å². The predicted octanol–water partition coefficient (Wildman–Crippen LogP) is 1.60. The molecule has 1 aromatic carbocycles. The second kappa shape index (κ2) is 6.64. The van der Waals surface area contributed by atoms with E-state index in [1.165, 1.54) is 0 Å². The number of amides is 2. The maximum atomic E-state index is 12.9. The van der Waals surface area contributed by atoms with Crippen LogP contribution in [0.4, 0.5) is 0 Å². The highest BCUT2D eigenvalue weighted by Gasteiger charge is 2.57. The van der Waals surface area contributed by atoms with Gasteiger partial charge in [-0.25, -0.2) is 0 Å². The zero-order valence-electron chi connectivity index (χ0n) is 16.1. The Kier molecular flexibility index (Phi) is 4.42. The van der Waals surface area contributed by atoms with Crippen molar-refractivity contribution in [3.8, 4) is 0 Å². The predicted molar refractivity (Wildman–Crippen MR) is 104 cm³/mol. The van der Waals surface area contributed by atoms with Gasteiger partial charge in [0, 0.05) is 43.0 Å². The standard InChI is InChI=1S/C20H27N5O2/c1-12(2)25-17-7-5-4-6-16(17)18(24-25)19(27)23-15-9-20(22-11-15)8-14(20)10-21-13(3)26/h4-7,12,14-15,22H,8-11H2,1-3H3,(H,21,26)(H,23,27)/t14-,15-,20?/m0/s1. The van der Waals surface area contributed by atoms with Gasteiger partial charge in [-0.3, -0.25) is 14.3 Å². The molecule has 0 bridgehead atoms. The van der Waals surface area contributed by atoms with E-state index >= 15 is 0 Å². The van der Waals surface area contributed by atoms with Crippen molar-refractivity contribution in [1.82, 2.24) is 25.7 Å². The number of nitrogens with one attached hydrogen (secondary N) is 3. The molecule has 7 heteroatoms. The highest BCUT2D eigenvalue weighted by molar-refractivity contribution is 6.05. The molecule has 4 rings (SSSR count). The molecule has 144 valence electrons. The fourth-order valence-electron chi connectivity index (χ4n) is 4.30. The van der Waals surface area contributed by atoms with Crippen molar-refractivity contribution in [3.63, 3.8) is 0 Å². The molecule has 1 aliphatic heterocycles. The minimum atomic E-state index is -0.117. The number of carbonyl (C=O) groups is 2. The third-order valence-electron chi connectivity index (χ3n) is 5.79. The summed E-state index contributed by atoms with van der Waals surface area (Å²) in [5.74, 6) is 0.338. The molecule has 2 aliphatic rings. The van der Waals surface area contributed by atoms with Crippen molar-refractivity contribution < 1.29 is 9.59 Å². The lowest BCUT2D eigenvalue weighted by Crippen LogP contribution is -2.36. The van der Waals surface area contributed by atoms with Crippen molar-refractivity contribution in [2.45, 2.75) is 51.2 Å². The highest BCUT2D eigenvalue weighted by Crippen LogP contribution is 2.49. The van der Waals surface area contributed by atoms with Crippen LogP contribution < -0.4 is 16.0 Å². The number of carbonyl (C=O) groups excluding carboxylic acids is 2. The molecular formula is C20H27N5O2. The monoisotopic (exact) mass is 369 g/mol. The number of benzene rings is 1. The molecular weight excluding hydrogens is 342 g/mol. The van der Waals surface area contributed by atoms with Gasteiger partial charge in [0.2, 0.25) is 5.91 Å². The van der Waals surface area contributed by atoms with E-state index in [9.17, 15) is 9.59 Å². The zero-order chi connectivity index (χ0) is 19.2. The third kappa shape index (κ3) is 3.32. The Balaban J connectivity index is 1.44. The van der Waals surface area contributed by atoms with Crippen LogP contribution in [0.15, 0.2) is 24.3 Å². The molecule has 2 amide bonds. The van der Waals surface area contributed by atoms with Crippen molar-refractivity contribution >= 4 is 22.7 Å². The lowest BCUT2D eigenvalue weighted by atomic mass is 10.1. The van der Waals surface area contributed by atoms with Crippen molar-refractivity contribution in [1.29, 1.82) is 0 Å². The largest absolute Gasteiger partial charge is 0.356 e. The molecule has 27 heavy (non-hydrogen) atoms. The van der Waals surface area contributed by atoms with Crippen LogP contribution in [0.25, 0.3) is 10.9 Å². The Morgan fingerprint density at radius 3 is 2.85 bits per heavy atom. The van der Waals surface area contributed by atoms with Gasteiger partial charge >= 0.3 is 0 Å². The smallest absolute Gasteiger partial charge is 0.272 e. The van der Waals surface area contributed by atoms with Crippen molar-refractivity contribution in [3.05, 3.63) is 30.0 Å². The summed E-state index contributed by atoms with van der Waals surface area (Å²) in [6.45, 7) is 7.13. The second-order valence-electron chi connectivity index (χ2n) is 8.15. The van der Waals surface area contributed by atoms with Gasteiger partial charge < -0.3 is 16.0 Å². The average molecular weight is 369 g/mol. The van der Waals surface area contributed by atoms with E-state index in [1.807, 2.05) is 28.9 Å². The Morgan fingerprint density at radius 2 is 2.11 bits per heavy atom. The maximum absolute atomic E-state index is 12.9. The Bertz CT molecular complexity index is 890. The van der Waals surface area contributed by atoms with Crippen molar-refractivity contribution in [2.75, 3.05) is 13.1 Å². The summed E-state index contributed by atoms with van der Waals surface area (Å²) in [5, 5.41) is 15.1. The molecule has 1 saturated carbocycles. The van der Waals surface area contributed by atoms with Crippen LogP contribution in [0.3, 0.4) is 0 Å². The molecule has 1 saturated heterocycles. The van der Waals surface area contributed by atoms with E-state index in [1.54, 1.807) is 6.92 Å². The SMILES string of the molecule is CC(=O)NC[C@@H]1CC12C[C@H](NC(=O)c1nn(C(C)C)c3ccccc13)CN2. The topological polar surface area (TPSA) is 88.1 Å². The molecule has 2 aromatic rings. The number of nitrogens with zero attached hydrogens (tertiary/aromatic N) is 2. The van der Waals surface area contributed by atoms with Crippen LogP contribution in [0.1, 0.15) is 50.1 Å². The van der Waals surface area contributed by atoms with Gasteiger partial charge in [-0.1, -0.05) is 18.2 Å². The molecule has 1 aromatic heterocycles. The van der Waals surface area contributed by atoms with Gasteiger partial charge in [-0.05, 0) is 38.7 Å². The number of hydrogen-bond acceptors (Lipinski definition) is 4. The maximum Gasteiger partial charge on any atom is 0.272 e. The minimum Gasteiger partial charge on any atom is -0.356 e. The molecule has 2 heterocycles. The van der Waals surface area contributed by atoms with Gasteiger partial charge in [0.1, 0.15) is 0 Å². The second-order valence-corrected chi connectivity index (χ2v) is 8.15. The third-order valence-corrected chi connectivity index (χ3v) is 5.79. The normalized spacial score (nSPS) is 26.7. The lowest BCUT2D eigenvalue weighted by Gasteiger charge is -2.12. The van der Waals surface area contributed by atoms with Crippen LogP contribution in [-0.2, 0) is 4.79 Å². The van der Waals surface area contributed by atoms with E-state index in [0.29, 0.717) is 18.2 Å². The average Bonchev–Trinajstić information content (AvgIpc) is 2.96. The molecule has 1 unspecified atom stereocenters. The Morgan fingerprint density at radius 1 is 1.33 bits per heavy atom. The van der Waals surface area contributed by atoms with Crippen LogP contribution >= 0.6 is 0 Å². The number of hydrogen-bond donors (Lipinski definition) is 3. The first-order chi connectivity index (χ1) is 12.9. The van der Waals surface area contributed by atoms with Crippen LogP contribution in [0, 0.1) is 5.92 Å². The molecule has 1 spiro atoms. The molecule has 1 aliphatic carbocycles. The van der Waals surface area contributed by atoms with Crippen LogP contribution in [0.5, 0.6) is 0 Å². The summed E-state index contributed by atoms with van der Waals surface area (Å²) in [4.78, 5) is 24.0. The summed E-state index contributed by atoms with van der Waals surface area (Å²) in [7, 11) is 0. The fraction of sp³-hybridized carbons (Fsp3) is 0.550. The number of para-hydroxylation sites is 1. The van der Waals surface area contributed by atoms with E-state index in [0.717, 1.165) is 30.3 Å². The molecule has 2 fully saturated rings. The van der Waals surface area contributed by atoms with Gasteiger partial charge in [0.05, 0.1) is 5.52 Å². The number of fused-ring (bicyclic) bond motifs is 1. The summed E-state index contributed by atoms with van der Waals surface area (Å²) < 4.78 is 1.91. The first kappa shape index (κ1) is 18.0. The van der Waals surface area contributed by atoms with Gasteiger partial charge in [0.25, 0.3) is 5.91 Å². The number of aromatic nitrogens is 2.